The molecule has 0 spiro atoms. The van der Waals surface area contributed by atoms with Gasteiger partial charge in [-0.1, -0.05) is 11.2 Å². The molecular weight excluding hydrogens is 691 g/mol. The zero-order valence-corrected chi connectivity index (χ0v) is 29.7. The summed E-state index contributed by atoms with van der Waals surface area (Å²) in [7, 11) is 0. The van der Waals surface area contributed by atoms with Crippen LogP contribution < -0.4 is 19.5 Å². The molecule has 3 heterocycles. The minimum atomic E-state index is -4.77. The highest BCUT2D eigenvalue weighted by Crippen LogP contribution is 2.39. The summed E-state index contributed by atoms with van der Waals surface area (Å²) in [5.41, 5.74) is -1.93. The number of aliphatic hydroxyl groups excluding tert-OH is 1. The number of carbonyl (C=O) groups excluding carboxylic acids is 2. The Morgan fingerprint density at radius 1 is 1.00 bits per heavy atom. The van der Waals surface area contributed by atoms with Crippen LogP contribution >= 0.6 is 0 Å². The quantitative estimate of drug-likeness (QED) is 0.155. The molecule has 1 fully saturated rings. The molecule has 17 heteroatoms. The number of aryl methyl sites for hydroxylation is 1. The molecule has 2 atom stereocenters. The Labute approximate surface area is 298 Å². The molecule has 0 saturated carbocycles. The van der Waals surface area contributed by atoms with Gasteiger partial charge in [-0.15, -0.1) is 4.99 Å². The third-order valence-electron chi connectivity index (χ3n) is 7.55. The molecule has 52 heavy (non-hydrogen) atoms. The van der Waals surface area contributed by atoms with Crippen molar-refractivity contribution in [2.75, 3.05) is 26.4 Å². The predicted molar refractivity (Wildman–Crippen MR) is 179 cm³/mol. The fraction of sp³-hybridized carbons (Fsp3) is 0.514. The number of alkyl carbamates (subject to hydrolysis) is 1. The first-order valence-corrected chi connectivity index (χ1v) is 16.7. The van der Waals surface area contributed by atoms with E-state index in [0.29, 0.717) is 37.6 Å². The van der Waals surface area contributed by atoms with E-state index in [1.807, 2.05) is 12.1 Å². The van der Waals surface area contributed by atoms with E-state index in [-0.39, 0.29) is 48.6 Å². The molecule has 2 aliphatic rings. The Morgan fingerprint density at radius 2 is 1.71 bits per heavy atom. The number of guanidine groups is 1. The van der Waals surface area contributed by atoms with Crippen LogP contribution in [0.3, 0.4) is 0 Å². The van der Waals surface area contributed by atoms with Crippen LogP contribution in [0.1, 0.15) is 77.4 Å². The number of halogens is 3. The van der Waals surface area contributed by atoms with Crippen molar-refractivity contribution in [2.24, 2.45) is 4.99 Å². The van der Waals surface area contributed by atoms with E-state index >= 15 is 0 Å². The molecule has 1 aromatic heterocycles. The van der Waals surface area contributed by atoms with Gasteiger partial charge >= 0.3 is 18.4 Å². The molecular formula is C35H42F3N5O9. The Hall–Kier alpha value is -5.06. The predicted octanol–water partition coefficient (Wildman–Crippen LogP) is 6.46. The fourth-order valence-electron chi connectivity index (χ4n) is 5.43. The molecule has 3 aromatic rings. The number of amides is 2. The summed E-state index contributed by atoms with van der Waals surface area (Å²) >= 11 is 0. The third-order valence-corrected chi connectivity index (χ3v) is 7.55. The van der Waals surface area contributed by atoms with Crippen molar-refractivity contribution in [3.63, 3.8) is 0 Å². The van der Waals surface area contributed by atoms with Gasteiger partial charge < -0.3 is 38.2 Å². The van der Waals surface area contributed by atoms with E-state index < -0.39 is 47.3 Å². The van der Waals surface area contributed by atoms with Gasteiger partial charge in [0, 0.05) is 12.1 Å². The van der Waals surface area contributed by atoms with E-state index in [4.69, 9.17) is 28.2 Å². The molecule has 2 amide bonds. The number of aliphatic imine (C=N–C) groups is 1. The Balaban J connectivity index is 1.33. The van der Waals surface area contributed by atoms with Crippen LogP contribution in [-0.4, -0.2) is 82.0 Å². The van der Waals surface area contributed by atoms with Gasteiger partial charge in [-0.25, -0.2) is 9.59 Å². The summed E-state index contributed by atoms with van der Waals surface area (Å²) in [6.45, 7) is 10.8. The molecule has 0 radical (unpaired) electrons. The lowest BCUT2D eigenvalue weighted by Gasteiger charge is -2.28. The Morgan fingerprint density at radius 3 is 2.40 bits per heavy atom. The lowest BCUT2D eigenvalue weighted by atomic mass is 10.1. The fourth-order valence-corrected chi connectivity index (χ4v) is 5.43. The minimum absolute atomic E-state index is 0.0170. The molecule has 0 bridgehead atoms. The number of carbonyl (C=O) groups is 2. The van der Waals surface area contributed by atoms with Crippen LogP contribution in [0.5, 0.6) is 17.2 Å². The van der Waals surface area contributed by atoms with Gasteiger partial charge in [0.05, 0.1) is 18.3 Å². The first kappa shape index (κ1) is 38.2. The van der Waals surface area contributed by atoms with Crippen molar-refractivity contribution < 1.29 is 56.1 Å². The molecule has 0 unspecified atom stereocenters. The highest BCUT2D eigenvalue weighted by atomic mass is 19.4. The summed E-state index contributed by atoms with van der Waals surface area (Å²) in [6.07, 6.45) is -6.78. The zero-order valence-electron chi connectivity index (χ0n) is 29.7. The first-order valence-electron chi connectivity index (χ1n) is 16.7. The Bertz CT molecular complexity index is 1780. The van der Waals surface area contributed by atoms with Gasteiger partial charge in [0.2, 0.25) is 11.8 Å². The van der Waals surface area contributed by atoms with E-state index in [0.717, 1.165) is 11.6 Å². The molecule has 14 nitrogen and oxygen atoms in total. The maximum Gasteiger partial charge on any atom is 0.437 e. The minimum Gasteiger partial charge on any atom is -0.493 e. The molecule has 0 aliphatic carbocycles. The molecule has 1 saturated heterocycles. The maximum absolute atomic E-state index is 14.2. The number of rotatable bonds is 7. The third kappa shape index (κ3) is 10.0. The first-order chi connectivity index (χ1) is 24.4. The van der Waals surface area contributed by atoms with Gasteiger partial charge in [0.15, 0.2) is 11.5 Å². The molecule has 282 valence electrons. The van der Waals surface area contributed by atoms with Crippen molar-refractivity contribution in [1.29, 1.82) is 0 Å². The number of ether oxygens (including phenoxy) is 5. The second kappa shape index (κ2) is 15.3. The SMILES string of the molecule is CC(C)(C)OC(=O)N=C(NC(=O)OC(C)(C)C)N1CC[C@H](O)[C@H]1c1nc(-c2ccc(OCCCc3ccc4c(c3)OCCO4)c(C(F)(F)F)c2)no1. The van der Waals surface area contributed by atoms with Gasteiger partial charge in [-0.2, -0.15) is 18.2 Å². The second-order valence-corrected chi connectivity index (χ2v) is 14.1. The monoisotopic (exact) mass is 733 g/mol. The average Bonchev–Trinajstić information content (AvgIpc) is 3.67. The smallest absolute Gasteiger partial charge is 0.437 e. The lowest BCUT2D eigenvalue weighted by molar-refractivity contribution is -0.138. The molecule has 5 rings (SSSR count). The van der Waals surface area contributed by atoms with Crippen LogP contribution in [0.25, 0.3) is 11.4 Å². The van der Waals surface area contributed by atoms with Gasteiger partial charge in [-0.3, -0.25) is 5.32 Å². The van der Waals surface area contributed by atoms with Crippen molar-refractivity contribution in [3.05, 3.63) is 53.4 Å². The topological polar surface area (TPSA) is 167 Å². The summed E-state index contributed by atoms with van der Waals surface area (Å²) in [4.78, 5) is 35.0. The van der Waals surface area contributed by atoms with Crippen molar-refractivity contribution in [1.82, 2.24) is 20.4 Å². The average molecular weight is 734 g/mol. The van der Waals surface area contributed by atoms with Gasteiger partial charge in [0.25, 0.3) is 5.89 Å². The van der Waals surface area contributed by atoms with E-state index in [1.54, 1.807) is 47.6 Å². The van der Waals surface area contributed by atoms with E-state index in [1.165, 1.54) is 17.0 Å². The van der Waals surface area contributed by atoms with E-state index in [2.05, 4.69) is 20.4 Å². The molecule has 2 N–H and O–H groups in total. The van der Waals surface area contributed by atoms with Gasteiger partial charge in [-0.05, 0) is 96.7 Å². The number of alkyl halides is 3. The van der Waals surface area contributed by atoms with Crippen molar-refractivity contribution in [3.8, 4) is 28.6 Å². The van der Waals surface area contributed by atoms with Crippen molar-refractivity contribution in [2.45, 2.75) is 90.3 Å². The van der Waals surface area contributed by atoms with E-state index in [9.17, 15) is 27.9 Å². The summed E-state index contributed by atoms with van der Waals surface area (Å²) < 4.78 is 75.4. The number of likely N-dealkylation sites (tertiary alicyclic amines) is 1. The number of hydrogen-bond acceptors (Lipinski definition) is 11. The normalized spacial score (nSPS) is 17.9. The standard InChI is InChI=1S/C35H42F3N5O9/c1-33(2,3)50-31(45)40-30(41-32(46)51-34(4,5)6)43-14-13-23(44)27(43)29-39-28(42-52-29)21-10-12-24(22(19-21)35(36,37)38)47-15-7-8-20-9-11-25-26(18-20)49-17-16-48-25/h9-12,18-19,23,27,44H,7-8,13-17H2,1-6H3,(H,40,41,45,46)/t23-,27-/m0/s1. The summed E-state index contributed by atoms with van der Waals surface area (Å²) in [5.74, 6) is 0.201. The van der Waals surface area contributed by atoms with Crippen molar-refractivity contribution >= 4 is 18.1 Å². The number of nitrogens with zero attached hydrogens (tertiary/aromatic N) is 4. The largest absolute Gasteiger partial charge is 0.493 e. The zero-order chi connectivity index (χ0) is 37.8. The number of aliphatic hydroxyl groups is 1. The molecule has 2 aromatic carbocycles. The summed E-state index contributed by atoms with van der Waals surface area (Å²) in [5, 5.41) is 17.2. The van der Waals surface area contributed by atoms with Crippen LogP contribution in [0.15, 0.2) is 45.9 Å². The van der Waals surface area contributed by atoms with Gasteiger partial charge in [0.1, 0.15) is 36.2 Å². The second-order valence-electron chi connectivity index (χ2n) is 14.1. The number of hydrogen-bond donors (Lipinski definition) is 2. The maximum atomic E-state index is 14.2. The molecule has 2 aliphatic heterocycles. The Kier molecular flexibility index (Phi) is 11.2. The number of benzene rings is 2. The van der Waals surface area contributed by atoms with Crippen LogP contribution in [0, 0.1) is 0 Å². The highest BCUT2D eigenvalue weighted by molar-refractivity contribution is 5.99. The lowest BCUT2D eigenvalue weighted by Crippen LogP contribution is -2.47. The summed E-state index contributed by atoms with van der Waals surface area (Å²) in [6, 6.07) is 7.78. The number of aromatic nitrogens is 2. The van der Waals surface area contributed by atoms with Crippen LogP contribution in [0.4, 0.5) is 22.8 Å². The highest BCUT2D eigenvalue weighted by Gasteiger charge is 2.42. The number of nitrogens with one attached hydrogen (secondary N) is 1. The van der Waals surface area contributed by atoms with Crippen LogP contribution in [0.2, 0.25) is 0 Å². The number of fused-ring (bicyclic) bond motifs is 1. The van der Waals surface area contributed by atoms with Crippen LogP contribution in [-0.2, 0) is 22.1 Å².